The van der Waals surface area contributed by atoms with Crippen LogP contribution >= 0.6 is 51.5 Å². The number of hydrogen-bond acceptors (Lipinski definition) is 2. The summed E-state index contributed by atoms with van der Waals surface area (Å²) in [4.78, 5) is 4.14. The molecule has 21 heavy (non-hydrogen) atoms. The smallest absolute Gasteiger partial charge is 0.171 e. The summed E-state index contributed by atoms with van der Waals surface area (Å²) in [5.74, 6) is -0.442. The van der Waals surface area contributed by atoms with Gasteiger partial charge in [-0.25, -0.2) is 13.3 Å². The fourth-order valence-electron chi connectivity index (χ4n) is 2.07. The van der Waals surface area contributed by atoms with E-state index in [-0.39, 0.29) is 12.3 Å². The van der Waals surface area contributed by atoms with Gasteiger partial charge in [-0.15, -0.1) is 3.89 Å². The molecular weight excluding hydrogens is 405 g/mol. The van der Waals surface area contributed by atoms with Crippen molar-refractivity contribution < 1.29 is 8.28 Å². The molecule has 0 radical (unpaired) electrons. The third-order valence-electron chi connectivity index (χ3n) is 2.97. The van der Waals surface area contributed by atoms with E-state index in [0.29, 0.717) is 36.7 Å². The Morgan fingerprint density at radius 3 is 2.71 bits per heavy atom. The fourth-order valence-corrected chi connectivity index (χ4v) is 3.17. The van der Waals surface area contributed by atoms with Crippen LogP contribution in [-0.4, -0.2) is 8.96 Å². The second-order valence-corrected chi connectivity index (χ2v) is 6.35. The highest BCUT2D eigenvalue weighted by Gasteiger charge is 2.19. The second kappa shape index (κ2) is 5.76. The summed E-state index contributed by atoms with van der Waals surface area (Å²) in [7, 11) is 0. The number of nitrogens with zero attached hydrogens (tertiary/aromatic N) is 2. The molecule has 2 nitrogen and oxygen atoms in total. The Hall–Kier alpha value is -0.820. The molecule has 0 unspecified atom stereocenters. The van der Waals surface area contributed by atoms with E-state index in [0.717, 1.165) is 0 Å². The van der Waals surface area contributed by atoms with Crippen LogP contribution in [-0.2, 0) is 0 Å². The third kappa shape index (κ3) is 2.54. The first kappa shape index (κ1) is 15.1. The van der Waals surface area contributed by atoms with E-state index in [1.165, 1.54) is 34.6 Å². The predicted octanol–water partition coefficient (Wildman–Crippen LogP) is 6.29. The van der Waals surface area contributed by atoms with Gasteiger partial charge in [0.05, 0.1) is 9.50 Å². The number of aromatic nitrogens is 2. The minimum absolute atomic E-state index is 0.0182. The van der Waals surface area contributed by atoms with Crippen molar-refractivity contribution >= 4 is 62.5 Å². The van der Waals surface area contributed by atoms with Crippen LogP contribution in [0, 0.1) is 5.82 Å². The Labute approximate surface area is 141 Å². The molecule has 1 aromatic carbocycles. The number of hydrogen-bond donors (Lipinski definition) is 0. The highest BCUT2D eigenvalue weighted by molar-refractivity contribution is 9.10. The zero-order valence-corrected chi connectivity index (χ0v) is 14.0. The van der Waals surface area contributed by atoms with Gasteiger partial charge in [-0.2, -0.15) is 0 Å². The van der Waals surface area contributed by atoms with Crippen LogP contribution in [0.4, 0.5) is 8.28 Å². The lowest BCUT2D eigenvalue weighted by Crippen LogP contribution is -1.85. The maximum absolute atomic E-state index is 13.5. The lowest BCUT2D eigenvalue weighted by atomic mass is 10.1. The van der Waals surface area contributed by atoms with Gasteiger partial charge < -0.3 is 0 Å². The second-order valence-electron chi connectivity index (χ2n) is 4.18. The van der Waals surface area contributed by atoms with E-state index >= 15 is 0 Å². The fraction of sp³-hybridized carbons (Fsp3) is 0. The van der Waals surface area contributed by atoms with Crippen LogP contribution in [0.1, 0.15) is 0 Å². The summed E-state index contributed by atoms with van der Waals surface area (Å²) in [5, 5.41) is 1.21. The molecule has 0 fully saturated rings. The average molecular weight is 410 g/mol. The molecule has 3 rings (SSSR count). The van der Waals surface area contributed by atoms with E-state index in [2.05, 4.69) is 20.9 Å². The molecule has 108 valence electrons. The van der Waals surface area contributed by atoms with Gasteiger partial charge in [0.2, 0.25) is 0 Å². The zero-order valence-electron chi connectivity index (χ0n) is 10.1. The summed E-state index contributed by atoms with van der Waals surface area (Å²) >= 11 is 15.7. The SMILES string of the molecule is FSn1cc(-c2cc(F)ccc2Cl)c2c(Cl)c(Br)cnc21. The molecular formula is C13H5BrCl2F2N2S. The monoisotopic (exact) mass is 408 g/mol. The predicted molar refractivity (Wildman–Crippen MR) is 86.9 cm³/mol. The molecule has 2 aromatic heterocycles. The Bertz CT molecular complexity index is 854. The van der Waals surface area contributed by atoms with Crippen molar-refractivity contribution in [3.63, 3.8) is 0 Å². The molecule has 3 aromatic rings. The van der Waals surface area contributed by atoms with Gasteiger partial charge >= 0.3 is 0 Å². The van der Waals surface area contributed by atoms with Crippen LogP contribution < -0.4 is 0 Å². The van der Waals surface area contributed by atoms with E-state index in [4.69, 9.17) is 23.2 Å². The average Bonchev–Trinajstić information content (AvgIpc) is 2.84. The molecule has 0 saturated carbocycles. The molecule has 0 aliphatic carbocycles. The van der Waals surface area contributed by atoms with Gasteiger partial charge in [0, 0.05) is 33.9 Å². The molecule has 0 amide bonds. The van der Waals surface area contributed by atoms with Gasteiger partial charge in [-0.1, -0.05) is 23.2 Å². The maximum Gasteiger partial charge on any atom is 0.171 e. The summed E-state index contributed by atoms with van der Waals surface area (Å²) in [6.07, 6.45) is 2.97. The lowest BCUT2D eigenvalue weighted by Gasteiger charge is -2.05. The minimum atomic E-state index is -0.442. The Kier molecular flexibility index (Phi) is 4.14. The van der Waals surface area contributed by atoms with Crippen LogP contribution in [0.3, 0.4) is 0 Å². The van der Waals surface area contributed by atoms with E-state index in [1.54, 1.807) is 0 Å². The molecule has 2 heterocycles. The van der Waals surface area contributed by atoms with Gasteiger partial charge in [0.25, 0.3) is 0 Å². The lowest BCUT2D eigenvalue weighted by molar-refractivity contribution is 0.628. The topological polar surface area (TPSA) is 17.8 Å². The Balaban J connectivity index is 2.42. The largest absolute Gasteiger partial charge is 0.246 e. The van der Waals surface area contributed by atoms with Gasteiger partial charge in [0.1, 0.15) is 5.82 Å². The Morgan fingerprint density at radius 2 is 2.00 bits per heavy atom. The van der Waals surface area contributed by atoms with Crippen molar-refractivity contribution in [3.8, 4) is 11.1 Å². The molecule has 0 aliphatic heterocycles. The first-order valence-electron chi connectivity index (χ1n) is 5.62. The first-order chi connectivity index (χ1) is 10.0. The molecule has 8 heteroatoms. The molecule has 0 aliphatic rings. The minimum Gasteiger partial charge on any atom is -0.246 e. The van der Waals surface area contributed by atoms with Crippen molar-refractivity contribution in [2.45, 2.75) is 0 Å². The molecule has 0 bridgehead atoms. The molecule has 0 N–H and O–H groups in total. The first-order valence-corrected chi connectivity index (χ1v) is 7.84. The third-order valence-corrected chi connectivity index (χ3v) is 4.95. The van der Waals surface area contributed by atoms with Crippen LogP contribution in [0.25, 0.3) is 22.2 Å². The molecule has 0 spiro atoms. The number of rotatable bonds is 2. The van der Waals surface area contributed by atoms with E-state index < -0.39 is 5.82 Å². The maximum atomic E-state index is 13.5. The Morgan fingerprint density at radius 1 is 1.24 bits per heavy atom. The summed E-state index contributed by atoms with van der Waals surface area (Å²) < 4.78 is 28.3. The standard InChI is InChI=1S/C13H5BrCl2F2N2S/c14-9-4-19-13-11(12(9)16)8(5-20(13)21-18)7-3-6(17)1-2-10(7)15/h1-5H. The highest BCUT2D eigenvalue weighted by Crippen LogP contribution is 2.41. The summed E-state index contributed by atoms with van der Waals surface area (Å²) in [5.41, 5.74) is 1.28. The van der Waals surface area contributed by atoms with Crippen LogP contribution in [0.2, 0.25) is 10.0 Å². The number of fused-ring (bicyclic) bond motifs is 1. The van der Waals surface area contributed by atoms with Crippen LogP contribution in [0.15, 0.2) is 35.1 Å². The van der Waals surface area contributed by atoms with E-state index in [9.17, 15) is 8.28 Å². The summed E-state index contributed by atoms with van der Waals surface area (Å²) in [6.45, 7) is 0. The molecule has 0 saturated heterocycles. The van der Waals surface area contributed by atoms with Crippen LogP contribution in [0.5, 0.6) is 0 Å². The normalized spacial score (nSPS) is 11.3. The highest BCUT2D eigenvalue weighted by atomic mass is 79.9. The number of halogens is 5. The van der Waals surface area contributed by atoms with Crippen molar-refractivity contribution in [3.05, 3.63) is 50.9 Å². The van der Waals surface area contributed by atoms with E-state index in [1.807, 2.05) is 0 Å². The van der Waals surface area contributed by atoms with Crippen molar-refractivity contribution in [1.29, 1.82) is 0 Å². The summed E-state index contributed by atoms with van der Waals surface area (Å²) in [6, 6.07) is 3.98. The number of pyridine rings is 1. The van der Waals surface area contributed by atoms with Crippen molar-refractivity contribution in [2.24, 2.45) is 0 Å². The van der Waals surface area contributed by atoms with Gasteiger partial charge in [-0.3, -0.25) is 0 Å². The number of benzene rings is 1. The van der Waals surface area contributed by atoms with Gasteiger partial charge in [0.15, 0.2) is 18.0 Å². The quantitative estimate of drug-likeness (QED) is 0.494. The zero-order chi connectivity index (χ0) is 15.1. The van der Waals surface area contributed by atoms with Crippen molar-refractivity contribution in [2.75, 3.05) is 0 Å². The molecule has 0 atom stereocenters. The van der Waals surface area contributed by atoms with Gasteiger partial charge in [-0.05, 0) is 34.1 Å². The van der Waals surface area contributed by atoms with Crippen molar-refractivity contribution in [1.82, 2.24) is 8.96 Å².